The average Bonchev–Trinajstić information content (AvgIpc) is 2.30. The Morgan fingerprint density at radius 1 is 1.50 bits per heavy atom. The van der Waals surface area contributed by atoms with E-state index < -0.39 is 0 Å². The zero-order chi connectivity index (χ0) is 11.5. The number of nitrogens with zero attached hydrogens (tertiary/aromatic N) is 1. The largest absolute Gasteiger partial charge is 0.380 e. The van der Waals surface area contributed by atoms with Crippen LogP contribution in [0.25, 0.3) is 0 Å². The molecule has 16 heavy (non-hydrogen) atoms. The molecule has 0 saturated heterocycles. The summed E-state index contributed by atoms with van der Waals surface area (Å²) in [4.78, 5) is 1.29. The average molecular weight is 232 g/mol. The van der Waals surface area contributed by atoms with E-state index in [-0.39, 0.29) is 0 Å². The lowest BCUT2D eigenvalue weighted by atomic mass is 10.1. The zero-order valence-electron chi connectivity index (χ0n) is 9.66. The van der Waals surface area contributed by atoms with E-state index in [0.717, 1.165) is 6.42 Å². The third-order valence-electron chi connectivity index (χ3n) is 2.99. The van der Waals surface area contributed by atoms with Gasteiger partial charge in [0.1, 0.15) is 0 Å². The summed E-state index contributed by atoms with van der Waals surface area (Å²) in [6, 6.07) is 9.05. The molecule has 0 aliphatic carbocycles. The van der Waals surface area contributed by atoms with Gasteiger partial charge in [0, 0.05) is 22.6 Å². The molecular formula is C13H16N2S. The van der Waals surface area contributed by atoms with E-state index in [4.69, 9.17) is 5.26 Å². The van der Waals surface area contributed by atoms with Crippen LogP contribution in [-0.4, -0.2) is 11.3 Å². The van der Waals surface area contributed by atoms with E-state index in [2.05, 4.69) is 43.4 Å². The van der Waals surface area contributed by atoms with Crippen LogP contribution >= 0.6 is 11.8 Å². The van der Waals surface area contributed by atoms with Gasteiger partial charge in [-0.1, -0.05) is 19.1 Å². The van der Waals surface area contributed by atoms with Crippen molar-refractivity contribution in [1.82, 2.24) is 0 Å². The number of nitrogens with one attached hydrogen (secondary N) is 1. The smallest absolute Gasteiger partial charge is 0.0634 e. The van der Waals surface area contributed by atoms with Gasteiger partial charge in [-0.05, 0) is 25.0 Å². The molecule has 0 fully saturated rings. The highest BCUT2D eigenvalue weighted by atomic mass is 32.2. The van der Waals surface area contributed by atoms with E-state index in [1.807, 2.05) is 11.8 Å². The van der Waals surface area contributed by atoms with Gasteiger partial charge in [0.15, 0.2) is 0 Å². The second-order valence-corrected chi connectivity index (χ2v) is 5.38. The number of hydrogen-bond acceptors (Lipinski definition) is 3. The van der Waals surface area contributed by atoms with Crippen LogP contribution in [0.4, 0.5) is 5.69 Å². The Balaban J connectivity index is 2.31. The quantitative estimate of drug-likeness (QED) is 0.848. The van der Waals surface area contributed by atoms with Crippen LogP contribution in [0.15, 0.2) is 23.1 Å². The van der Waals surface area contributed by atoms with Gasteiger partial charge in [-0.3, -0.25) is 0 Å². The summed E-state index contributed by atoms with van der Waals surface area (Å²) < 4.78 is 0. The summed E-state index contributed by atoms with van der Waals surface area (Å²) in [6.45, 7) is 4.33. The predicted octanol–water partition coefficient (Wildman–Crippen LogP) is 3.44. The van der Waals surface area contributed by atoms with Crippen molar-refractivity contribution in [3.63, 3.8) is 0 Å². The van der Waals surface area contributed by atoms with Crippen molar-refractivity contribution in [2.24, 2.45) is 0 Å². The molecule has 2 atom stereocenters. The normalized spacial score (nSPS) is 23.1. The fourth-order valence-corrected chi connectivity index (χ4v) is 3.25. The molecule has 0 aromatic heterocycles. The number of anilines is 1. The topological polar surface area (TPSA) is 35.8 Å². The molecule has 1 aliphatic heterocycles. The highest BCUT2D eigenvalue weighted by Crippen LogP contribution is 2.40. The monoisotopic (exact) mass is 232 g/mol. The molecule has 2 nitrogen and oxygen atoms in total. The number of benzene rings is 1. The summed E-state index contributed by atoms with van der Waals surface area (Å²) in [6.07, 6.45) is 1.65. The lowest BCUT2D eigenvalue weighted by Gasteiger charge is -2.31. The number of rotatable bonds is 2. The molecule has 1 N–H and O–H groups in total. The Hall–Kier alpha value is -1.14. The Morgan fingerprint density at radius 2 is 2.31 bits per heavy atom. The first-order chi connectivity index (χ1) is 7.76. The van der Waals surface area contributed by atoms with Crippen LogP contribution in [0.2, 0.25) is 0 Å². The molecule has 84 valence electrons. The van der Waals surface area contributed by atoms with Crippen molar-refractivity contribution < 1.29 is 0 Å². The van der Waals surface area contributed by atoms with Gasteiger partial charge in [0.25, 0.3) is 0 Å². The molecule has 1 heterocycles. The van der Waals surface area contributed by atoms with Crippen molar-refractivity contribution in [2.45, 2.75) is 42.9 Å². The lowest BCUT2D eigenvalue weighted by Crippen LogP contribution is -2.32. The zero-order valence-corrected chi connectivity index (χ0v) is 10.5. The fourth-order valence-electron chi connectivity index (χ4n) is 2.03. The van der Waals surface area contributed by atoms with Gasteiger partial charge >= 0.3 is 0 Å². The standard InChI is InChI=1S/C13H16N2S/c1-3-10-5-4-6-12-13(10)15-9(2)11(16-12)7-8-14/h4-6,9,11,15H,3,7H2,1-2H3. The van der Waals surface area contributed by atoms with Crippen LogP contribution in [0, 0.1) is 11.3 Å². The first kappa shape index (κ1) is 11.3. The van der Waals surface area contributed by atoms with E-state index in [0.29, 0.717) is 17.7 Å². The van der Waals surface area contributed by atoms with Crippen molar-refractivity contribution in [1.29, 1.82) is 5.26 Å². The maximum atomic E-state index is 8.79. The highest BCUT2D eigenvalue weighted by molar-refractivity contribution is 8.00. The van der Waals surface area contributed by atoms with Gasteiger partial charge in [-0.2, -0.15) is 5.26 Å². The van der Waals surface area contributed by atoms with Crippen LogP contribution in [0.5, 0.6) is 0 Å². The summed E-state index contributed by atoms with van der Waals surface area (Å²) in [5.41, 5.74) is 2.64. The van der Waals surface area contributed by atoms with Gasteiger partial charge in [-0.25, -0.2) is 0 Å². The summed E-state index contributed by atoms with van der Waals surface area (Å²) in [5.74, 6) is 0. The minimum atomic E-state index is 0.365. The lowest BCUT2D eigenvalue weighted by molar-refractivity contribution is 0.727. The Morgan fingerprint density at radius 3 is 3.00 bits per heavy atom. The molecule has 0 bridgehead atoms. The van der Waals surface area contributed by atoms with Crippen molar-refractivity contribution in [3.05, 3.63) is 23.8 Å². The number of hydrogen-bond donors (Lipinski definition) is 1. The van der Waals surface area contributed by atoms with E-state index in [1.165, 1.54) is 16.1 Å². The van der Waals surface area contributed by atoms with Crippen molar-refractivity contribution in [2.75, 3.05) is 5.32 Å². The van der Waals surface area contributed by atoms with Gasteiger partial charge < -0.3 is 5.32 Å². The Bertz CT molecular complexity index is 422. The van der Waals surface area contributed by atoms with Crippen LogP contribution in [0.3, 0.4) is 0 Å². The molecule has 3 heteroatoms. The minimum absolute atomic E-state index is 0.365. The molecule has 1 aliphatic rings. The van der Waals surface area contributed by atoms with Gasteiger partial charge in [0.05, 0.1) is 11.8 Å². The molecule has 1 aromatic carbocycles. The third-order valence-corrected chi connectivity index (χ3v) is 4.47. The van der Waals surface area contributed by atoms with Gasteiger partial charge in [-0.15, -0.1) is 11.8 Å². The molecule has 0 saturated carbocycles. The highest BCUT2D eigenvalue weighted by Gasteiger charge is 2.26. The minimum Gasteiger partial charge on any atom is -0.380 e. The number of thioether (sulfide) groups is 1. The molecular weight excluding hydrogens is 216 g/mol. The Kier molecular flexibility index (Phi) is 3.40. The van der Waals surface area contributed by atoms with E-state index in [9.17, 15) is 0 Å². The first-order valence-corrected chi connectivity index (χ1v) is 6.56. The third kappa shape index (κ3) is 2.03. The second kappa shape index (κ2) is 4.80. The summed E-state index contributed by atoms with van der Waals surface area (Å²) in [7, 11) is 0. The number of para-hydroxylation sites is 1. The van der Waals surface area contributed by atoms with Crippen molar-refractivity contribution >= 4 is 17.4 Å². The molecule has 2 rings (SSSR count). The molecule has 0 spiro atoms. The molecule has 0 amide bonds. The van der Waals surface area contributed by atoms with E-state index in [1.54, 1.807) is 0 Å². The maximum absolute atomic E-state index is 8.79. The maximum Gasteiger partial charge on any atom is 0.0634 e. The summed E-state index contributed by atoms with van der Waals surface area (Å²) >= 11 is 1.83. The molecule has 0 radical (unpaired) electrons. The second-order valence-electron chi connectivity index (χ2n) is 4.10. The van der Waals surface area contributed by atoms with Crippen LogP contribution in [-0.2, 0) is 6.42 Å². The SMILES string of the molecule is CCc1cccc2c1NC(C)C(CC#N)S2. The summed E-state index contributed by atoms with van der Waals surface area (Å²) in [5, 5.41) is 12.7. The fraction of sp³-hybridized carbons (Fsp3) is 0.462. The number of aryl methyl sites for hydroxylation is 1. The van der Waals surface area contributed by atoms with Crippen molar-refractivity contribution in [3.8, 4) is 6.07 Å². The van der Waals surface area contributed by atoms with E-state index >= 15 is 0 Å². The first-order valence-electron chi connectivity index (χ1n) is 5.68. The Labute approximate surface area is 101 Å². The number of fused-ring (bicyclic) bond motifs is 1. The molecule has 2 unspecified atom stereocenters. The number of nitriles is 1. The van der Waals surface area contributed by atoms with Crippen LogP contribution in [0.1, 0.15) is 25.8 Å². The van der Waals surface area contributed by atoms with Gasteiger partial charge in [0.2, 0.25) is 0 Å². The van der Waals surface area contributed by atoms with Crippen LogP contribution < -0.4 is 5.32 Å². The molecule has 1 aromatic rings. The predicted molar refractivity (Wildman–Crippen MR) is 68.8 cm³/mol.